The quantitative estimate of drug-likeness (QED) is 0.756. The third kappa shape index (κ3) is 1.82. The highest BCUT2D eigenvalue weighted by Gasteiger charge is 2.17. The van der Waals surface area contributed by atoms with Crippen molar-refractivity contribution in [1.29, 1.82) is 5.26 Å². The van der Waals surface area contributed by atoms with Crippen LogP contribution in [-0.4, -0.2) is 7.05 Å². The van der Waals surface area contributed by atoms with Gasteiger partial charge in [0.05, 0.1) is 11.6 Å². The smallest absolute Gasteiger partial charge is 0.131 e. The first kappa shape index (κ1) is 9.62. The van der Waals surface area contributed by atoms with E-state index in [9.17, 15) is 8.78 Å². The third-order valence-electron chi connectivity index (χ3n) is 1.71. The summed E-state index contributed by atoms with van der Waals surface area (Å²) in [5.74, 6) is -1.41. The fraction of sp³-hybridized carbons (Fsp3) is 0.222. The van der Waals surface area contributed by atoms with E-state index in [2.05, 4.69) is 5.32 Å². The molecule has 0 aliphatic rings. The Morgan fingerprint density at radius 3 is 2.31 bits per heavy atom. The van der Waals surface area contributed by atoms with Gasteiger partial charge in [0.15, 0.2) is 0 Å². The standard InChI is InChI=1S/C9H8F2N2/c1-13-8(5-12)9-6(10)3-2-4-7(9)11/h2-4,8,13H,1H3. The molecule has 0 fully saturated rings. The highest BCUT2D eigenvalue weighted by molar-refractivity contribution is 5.27. The summed E-state index contributed by atoms with van der Waals surface area (Å²) >= 11 is 0. The molecule has 68 valence electrons. The molecule has 0 amide bonds. The Morgan fingerprint density at radius 1 is 1.38 bits per heavy atom. The van der Waals surface area contributed by atoms with Crippen LogP contribution in [0.25, 0.3) is 0 Å². The van der Waals surface area contributed by atoms with E-state index >= 15 is 0 Å². The molecule has 1 aromatic carbocycles. The van der Waals surface area contributed by atoms with E-state index in [1.807, 2.05) is 0 Å². The van der Waals surface area contributed by atoms with Gasteiger partial charge < -0.3 is 5.32 Å². The van der Waals surface area contributed by atoms with Crippen molar-refractivity contribution in [3.63, 3.8) is 0 Å². The van der Waals surface area contributed by atoms with Gasteiger partial charge in [0, 0.05) is 0 Å². The summed E-state index contributed by atoms with van der Waals surface area (Å²) in [7, 11) is 1.47. The minimum Gasteiger partial charge on any atom is -0.301 e. The van der Waals surface area contributed by atoms with E-state index < -0.39 is 17.7 Å². The van der Waals surface area contributed by atoms with Gasteiger partial charge in [-0.05, 0) is 19.2 Å². The molecule has 1 unspecified atom stereocenters. The molecular weight excluding hydrogens is 174 g/mol. The lowest BCUT2D eigenvalue weighted by Crippen LogP contribution is -2.17. The maximum atomic E-state index is 13.0. The van der Waals surface area contributed by atoms with Crippen molar-refractivity contribution in [1.82, 2.24) is 5.32 Å². The molecule has 1 atom stereocenters. The summed E-state index contributed by atoms with van der Waals surface area (Å²) < 4.78 is 26.1. The molecule has 0 radical (unpaired) electrons. The highest BCUT2D eigenvalue weighted by atomic mass is 19.1. The molecule has 0 saturated carbocycles. The molecule has 0 aliphatic heterocycles. The van der Waals surface area contributed by atoms with E-state index in [1.54, 1.807) is 6.07 Å². The van der Waals surface area contributed by atoms with Crippen LogP contribution in [0.15, 0.2) is 18.2 Å². The molecular formula is C9H8F2N2. The molecule has 0 aliphatic carbocycles. The van der Waals surface area contributed by atoms with Crippen LogP contribution >= 0.6 is 0 Å². The van der Waals surface area contributed by atoms with Crippen LogP contribution in [0.3, 0.4) is 0 Å². The lowest BCUT2D eigenvalue weighted by atomic mass is 10.1. The zero-order chi connectivity index (χ0) is 9.84. The summed E-state index contributed by atoms with van der Waals surface area (Å²) in [6, 6.07) is 4.33. The van der Waals surface area contributed by atoms with E-state index in [-0.39, 0.29) is 5.56 Å². The highest BCUT2D eigenvalue weighted by Crippen LogP contribution is 2.19. The van der Waals surface area contributed by atoms with Crippen molar-refractivity contribution in [2.45, 2.75) is 6.04 Å². The first-order valence-electron chi connectivity index (χ1n) is 3.71. The molecule has 1 rings (SSSR count). The zero-order valence-corrected chi connectivity index (χ0v) is 7.01. The maximum Gasteiger partial charge on any atom is 0.131 e. The van der Waals surface area contributed by atoms with Crippen LogP contribution in [0.5, 0.6) is 0 Å². The number of nitrogens with zero attached hydrogens (tertiary/aromatic N) is 1. The molecule has 0 bridgehead atoms. The predicted molar refractivity (Wildman–Crippen MR) is 43.8 cm³/mol. The van der Waals surface area contributed by atoms with Crippen LogP contribution in [0.2, 0.25) is 0 Å². The van der Waals surface area contributed by atoms with E-state index in [1.165, 1.54) is 13.1 Å². The molecule has 0 saturated heterocycles. The van der Waals surface area contributed by atoms with Crippen LogP contribution in [-0.2, 0) is 0 Å². The number of hydrogen-bond donors (Lipinski definition) is 1. The number of benzene rings is 1. The average molecular weight is 182 g/mol. The molecule has 0 spiro atoms. The average Bonchev–Trinajstić information content (AvgIpc) is 2.11. The summed E-state index contributed by atoms with van der Waals surface area (Å²) in [6.07, 6.45) is 0. The van der Waals surface area contributed by atoms with Crippen LogP contribution in [0, 0.1) is 23.0 Å². The maximum absolute atomic E-state index is 13.0. The van der Waals surface area contributed by atoms with E-state index in [0.29, 0.717) is 0 Å². The van der Waals surface area contributed by atoms with Crippen molar-refractivity contribution < 1.29 is 8.78 Å². The second-order valence-electron chi connectivity index (χ2n) is 2.49. The van der Waals surface area contributed by atoms with Crippen molar-refractivity contribution in [3.05, 3.63) is 35.4 Å². The zero-order valence-electron chi connectivity index (χ0n) is 7.01. The van der Waals surface area contributed by atoms with Gasteiger partial charge >= 0.3 is 0 Å². The summed E-state index contributed by atoms with van der Waals surface area (Å²) in [5, 5.41) is 11.1. The number of halogens is 2. The molecule has 4 heteroatoms. The van der Waals surface area contributed by atoms with Crippen molar-refractivity contribution in [2.75, 3.05) is 7.05 Å². The minimum absolute atomic E-state index is 0.229. The summed E-state index contributed by atoms with van der Waals surface area (Å²) in [6.45, 7) is 0. The van der Waals surface area contributed by atoms with E-state index in [4.69, 9.17) is 5.26 Å². The lowest BCUT2D eigenvalue weighted by molar-refractivity contribution is 0.530. The first-order valence-corrected chi connectivity index (χ1v) is 3.71. The van der Waals surface area contributed by atoms with Crippen LogP contribution in [0.4, 0.5) is 8.78 Å². The fourth-order valence-electron chi connectivity index (χ4n) is 1.06. The van der Waals surface area contributed by atoms with Gasteiger partial charge in [-0.1, -0.05) is 6.07 Å². The Bertz CT molecular complexity index is 324. The molecule has 2 nitrogen and oxygen atoms in total. The molecule has 1 N–H and O–H groups in total. The second-order valence-corrected chi connectivity index (χ2v) is 2.49. The Morgan fingerprint density at radius 2 is 1.92 bits per heavy atom. The van der Waals surface area contributed by atoms with E-state index in [0.717, 1.165) is 12.1 Å². The Hall–Kier alpha value is -1.47. The van der Waals surface area contributed by atoms with Gasteiger partial charge in [-0.3, -0.25) is 0 Å². The van der Waals surface area contributed by atoms with Gasteiger partial charge in [0.1, 0.15) is 17.7 Å². The monoisotopic (exact) mass is 182 g/mol. The Balaban J connectivity index is 3.20. The normalized spacial score (nSPS) is 12.2. The second kappa shape index (κ2) is 3.97. The SMILES string of the molecule is CNC(C#N)c1c(F)cccc1F. The van der Waals surface area contributed by atoms with Gasteiger partial charge in [-0.15, -0.1) is 0 Å². The number of nitrogens with one attached hydrogen (secondary N) is 1. The third-order valence-corrected chi connectivity index (χ3v) is 1.71. The topological polar surface area (TPSA) is 35.8 Å². The van der Waals surface area contributed by atoms with Crippen molar-refractivity contribution >= 4 is 0 Å². The van der Waals surface area contributed by atoms with Crippen molar-refractivity contribution in [3.8, 4) is 6.07 Å². The van der Waals surface area contributed by atoms with Crippen LogP contribution < -0.4 is 5.32 Å². The van der Waals surface area contributed by atoms with Gasteiger partial charge in [-0.25, -0.2) is 8.78 Å². The summed E-state index contributed by atoms with van der Waals surface area (Å²) in [5.41, 5.74) is -0.229. The summed E-state index contributed by atoms with van der Waals surface area (Å²) in [4.78, 5) is 0. The first-order chi connectivity index (χ1) is 6.20. The molecule has 0 heterocycles. The largest absolute Gasteiger partial charge is 0.301 e. The Labute approximate surface area is 74.8 Å². The van der Waals surface area contributed by atoms with Crippen molar-refractivity contribution in [2.24, 2.45) is 0 Å². The predicted octanol–water partition coefficient (Wildman–Crippen LogP) is 1.75. The number of hydrogen-bond acceptors (Lipinski definition) is 2. The van der Waals surface area contributed by atoms with Crippen LogP contribution in [0.1, 0.15) is 11.6 Å². The number of rotatable bonds is 2. The minimum atomic E-state index is -0.943. The molecule has 13 heavy (non-hydrogen) atoms. The Kier molecular flexibility index (Phi) is 2.93. The lowest BCUT2D eigenvalue weighted by Gasteiger charge is -2.09. The van der Waals surface area contributed by atoms with Gasteiger partial charge in [0.2, 0.25) is 0 Å². The van der Waals surface area contributed by atoms with Gasteiger partial charge in [0.25, 0.3) is 0 Å². The molecule has 1 aromatic rings. The molecule has 0 aromatic heterocycles. The van der Waals surface area contributed by atoms with Gasteiger partial charge in [-0.2, -0.15) is 5.26 Å². The number of nitriles is 1. The fourth-order valence-corrected chi connectivity index (χ4v) is 1.06.